The lowest BCUT2D eigenvalue weighted by Crippen LogP contribution is -2.21. The van der Waals surface area contributed by atoms with Gasteiger partial charge in [0.25, 0.3) is 0 Å². The van der Waals surface area contributed by atoms with E-state index >= 15 is 0 Å². The lowest BCUT2D eigenvalue weighted by atomic mass is 10.3. The van der Waals surface area contributed by atoms with Crippen LogP contribution in [0.1, 0.15) is 0 Å². The van der Waals surface area contributed by atoms with Crippen molar-refractivity contribution in [1.29, 1.82) is 0 Å². The largest absolute Gasteiger partial charge is 0.347 e. The summed E-state index contributed by atoms with van der Waals surface area (Å²) in [6.45, 7) is 0. The van der Waals surface area contributed by atoms with E-state index in [1.54, 1.807) is 19.0 Å². The smallest absolute Gasteiger partial charge is 0.323 e. The summed E-state index contributed by atoms with van der Waals surface area (Å²) < 4.78 is 39.2. The summed E-state index contributed by atoms with van der Waals surface area (Å²) in [5.74, 6) is -4.03. The van der Waals surface area contributed by atoms with E-state index in [0.29, 0.717) is 12.0 Å². The molecule has 0 radical (unpaired) electrons. The molecular weight excluding hydrogens is 299 g/mol. The topological polar surface area (TPSA) is 70.2 Å². The Morgan fingerprint density at radius 3 is 2.27 bits per heavy atom. The highest BCUT2D eigenvalue weighted by Gasteiger charge is 2.15. The third kappa shape index (κ3) is 3.43. The van der Waals surface area contributed by atoms with Crippen LogP contribution >= 0.6 is 0 Å². The maximum Gasteiger partial charge on any atom is 0.323 e. The van der Waals surface area contributed by atoms with Gasteiger partial charge in [0.05, 0.1) is 23.8 Å². The maximum atomic E-state index is 13.4. The number of halogens is 3. The molecule has 2 amide bonds. The number of urea groups is 1. The summed E-state index contributed by atoms with van der Waals surface area (Å²) in [5, 5.41) is 4.41. The molecule has 0 aliphatic carbocycles. The highest BCUT2D eigenvalue weighted by Crippen LogP contribution is 2.19. The number of amides is 2. The van der Waals surface area contributed by atoms with Crippen molar-refractivity contribution in [2.24, 2.45) is 0 Å². The van der Waals surface area contributed by atoms with Crippen molar-refractivity contribution in [3.8, 4) is 0 Å². The first kappa shape index (κ1) is 15.5. The van der Waals surface area contributed by atoms with E-state index in [0.717, 1.165) is 6.07 Å². The van der Waals surface area contributed by atoms with Crippen LogP contribution in [0.15, 0.2) is 24.5 Å². The van der Waals surface area contributed by atoms with Crippen LogP contribution in [0.25, 0.3) is 0 Å². The van der Waals surface area contributed by atoms with Gasteiger partial charge in [-0.3, -0.25) is 0 Å². The van der Waals surface area contributed by atoms with Crippen LogP contribution in [-0.4, -0.2) is 30.1 Å². The number of rotatable bonds is 3. The fourth-order valence-corrected chi connectivity index (χ4v) is 1.52. The van der Waals surface area contributed by atoms with E-state index in [-0.39, 0.29) is 5.69 Å². The van der Waals surface area contributed by atoms with Crippen molar-refractivity contribution in [2.45, 2.75) is 0 Å². The molecule has 116 valence electrons. The summed E-state index contributed by atoms with van der Waals surface area (Å²) in [7, 11) is 3.50. The molecule has 2 N–H and O–H groups in total. The average Bonchev–Trinajstić information content (AvgIpc) is 2.48. The number of aromatic nitrogens is 2. The van der Waals surface area contributed by atoms with Gasteiger partial charge in [-0.1, -0.05) is 0 Å². The lowest BCUT2D eigenvalue weighted by Gasteiger charge is -2.11. The molecule has 0 spiro atoms. The van der Waals surface area contributed by atoms with E-state index in [9.17, 15) is 18.0 Å². The van der Waals surface area contributed by atoms with Gasteiger partial charge in [-0.2, -0.15) is 0 Å². The predicted octanol–water partition coefficient (Wildman–Crippen LogP) is 2.60. The van der Waals surface area contributed by atoms with E-state index in [1.807, 2.05) is 0 Å². The van der Waals surface area contributed by atoms with E-state index in [4.69, 9.17) is 0 Å². The molecule has 1 heterocycles. The van der Waals surface area contributed by atoms with Crippen molar-refractivity contribution in [3.05, 3.63) is 42.0 Å². The van der Waals surface area contributed by atoms with Crippen LogP contribution in [0, 0.1) is 17.5 Å². The molecule has 0 aliphatic rings. The molecule has 1 aromatic carbocycles. The average molecular weight is 311 g/mol. The molecule has 0 aliphatic heterocycles. The predicted molar refractivity (Wildman–Crippen MR) is 75.3 cm³/mol. The van der Waals surface area contributed by atoms with Gasteiger partial charge in [-0.25, -0.2) is 27.9 Å². The number of hydrogen-bond acceptors (Lipinski definition) is 4. The molecule has 0 saturated heterocycles. The zero-order chi connectivity index (χ0) is 16.3. The van der Waals surface area contributed by atoms with Gasteiger partial charge in [0, 0.05) is 14.1 Å². The van der Waals surface area contributed by atoms with Gasteiger partial charge in [-0.15, -0.1) is 0 Å². The van der Waals surface area contributed by atoms with Gasteiger partial charge in [-0.05, 0) is 12.1 Å². The molecule has 0 unspecified atom stereocenters. The Balaban J connectivity index is 2.06. The fourth-order valence-electron chi connectivity index (χ4n) is 1.52. The third-order valence-electron chi connectivity index (χ3n) is 2.58. The standard InChI is InChI=1S/C13H12F3N5O/c1-21(2)12-17-5-7(6-18-12)19-13(22)20-9-4-3-8(14)10(15)11(9)16/h3-6H,1-2H3,(H2,19,20,22). The minimum absolute atomic E-state index is 0.256. The summed E-state index contributed by atoms with van der Waals surface area (Å²) in [5.41, 5.74) is -0.228. The molecule has 6 nitrogen and oxygen atoms in total. The molecule has 9 heteroatoms. The normalized spacial score (nSPS) is 10.2. The van der Waals surface area contributed by atoms with E-state index in [2.05, 4.69) is 20.6 Å². The van der Waals surface area contributed by atoms with Crippen molar-refractivity contribution < 1.29 is 18.0 Å². The van der Waals surface area contributed by atoms with E-state index < -0.39 is 29.2 Å². The quantitative estimate of drug-likeness (QED) is 0.855. The zero-order valence-electron chi connectivity index (χ0n) is 11.7. The summed E-state index contributed by atoms with van der Waals surface area (Å²) in [6, 6.07) is 0.785. The molecule has 2 aromatic rings. The van der Waals surface area contributed by atoms with Gasteiger partial charge in [0.15, 0.2) is 17.5 Å². The summed E-state index contributed by atoms with van der Waals surface area (Å²) in [4.78, 5) is 21.3. The van der Waals surface area contributed by atoms with Crippen molar-refractivity contribution >= 4 is 23.4 Å². The Hall–Kier alpha value is -2.84. The Morgan fingerprint density at radius 2 is 1.68 bits per heavy atom. The molecule has 0 atom stereocenters. The van der Waals surface area contributed by atoms with Gasteiger partial charge in [0.1, 0.15) is 0 Å². The lowest BCUT2D eigenvalue weighted by molar-refractivity contribution is 0.262. The number of nitrogens with zero attached hydrogens (tertiary/aromatic N) is 3. The highest BCUT2D eigenvalue weighted by atomic mass is 19.2. The minimum Gasteiger partial charge on any atom is -0.347 e. The van der Waals surface area contributed by atoms with Crippen molar-refractivity contribution in [2.75, 3.05) is 29.6 Å². The fraction of sp³-hybridized carbons (Fsp3) is 0.154. The summed E-state index contributed by atoms with van der Waals surface area (Å²) >= 11 is 0. The highest BCUT2D eigenvalue weighted by molar-refractivity contribution is 5.99. The molecule has 22 heavy (non-hydrogen) atoms. The van der Waals surface area contributed by atoms with Gasteiger partial charge in [0.2, 0.25) is 5.95 Å². The molecule has 0 bridgehead atoms. The maximum absolute atomic E-state index is 13.4. The third-order valence-corrected chi connectivity index (χ3v) is 2.58. The Bertz CT molecular complexity index is 691. The monoisotopic (exact) mass is 311 g/mol. The molecule has 0 saturated carbocycles. The number of carbonyl (C=O) groups is 1. The van der Waals surface area contributed by atoms with Crippen LogP contribution in [0.4, 0.5) is 35.3 Å². The Labute approximate surface area is 124 Å². The van der Waals surface area contributed by atoms with Crippen LogP contribution in [0.2, 0.25) is 0 Å². The molecule has 0 fully saturated rings. The first-order chi connectivity index (χ1) is 10.4. The zero-order valence-corrected chi connectivity index (χ0v) is 11.7. The van der Waals surface area contributed by atoms with Crippen molar-refractivity contribution in [3.63, 3.8) is 0 Å². The summed E-state index contributed by atoms with van der Waals surface area (Å²) in [6.07, 6.45) is 2.70. The number of hydrogen-bond donors (Lipinski definition) is 2. The van der Waals surface area contributed by atoms with Crippen LogP contribution < -0.4 is 15.5 Å². The second kappa shape index (κ2) is 6.29. The number of nitrogens with one attached hydrogen (secondary N) is 2. The number of anilines is 3. The first-order valence-electron chi connectivity index (χ1n) is 6.09. The number of carbonyl (C=O) groups excluding carboxylic acids is 1. The molecular formula is C13H12F3N5O. The minimum atomic E-state index is -1.66. The van der Waals surface area contributed by atoms with Gasteiger partial charge >= 0.3 is 6.03 Å². The van der Waals surface area contributed by atoms with Crippen LogP contribution in [0.5, 0.6) is 0 Å². The first-order valence-corrected chi connectivity index (χ1v) is 6.09. The SMILES string of the molecule is CN(C)c1ncc(NC(=O)Nc2ccc(F)c(F)c2F)cn1. The van der Waals surface area contributed by atoms with E-state index in [1.165, 1.54) is 12.4 Å². The Kier molecular flexibility index (Phi) is 4.44. The molecule has 2 rings (SSSR count). The van der Waals surface area contributed by atoms with Crippen molar-refractivity contribution in [1.82, 2.24) is 9.97 Å². The van der Waals surface area contributed by atoms with Crippen LogP contribution in [-0.2, 0) is 0 Å². The Morgan fingerprint density at radius 1 is 1.05 bits per heavy atom. The number of benzene rings is 1. The van der Waals surface area contributed by atoms with Gasteiger partial charge < -0.3 is 15.5 Å². The second-order valence-electron chi connectivity index (χ2n) is 4.47. The van der Waals surface area contributed by atoms with Crippen LogP contribution in [0.3, 0.4) is 0 Å². The second-order valence-corrected chi connectivity index (χ2v) is 4.47. The molecule has 1 aromatic heterocycles.